The Labute approximate surface area is 216 Å². The van der Waals surface area contributed by atoms with Crippen LogP contribution in [0, 0.1) is 0 Å². The van der Waals surface area contributed by atoms with Gasteiger partial charge in [-0.3, -0.25) is 0 Å². The van der Waals surface area contributed by atoms with Crippen molar-refractivity contribution in [2.75, 3.05) is 0 Å². The van der Waals surface area contributed by atoms with E-state index in [4.69, 9.17) is 14.5 Å². The van der Waals surface area contributed by atoms with Gasteiger partial charge < -0.3 is 14.6 Å². The van der Waals surface area contributed by atoms with Crippen molar-refractivity contribution < 1.29 is 54.0 Å². The molecule has 2 rings (SSSR count). The molecule has 0 aromatic rings. The molecule has 0 radical (unpaired) electrons. The van der Waals surface area contributed by atoms with Gasteiger partial charge in [-0.25, -0.2) is 9.78 Å². The minimum atomic E-state index is -1.09. The first-order valence-corrected chi connectivity index (χ1v) is 12.3. The van der Waals surface area contributed by atoms with Crippen molar-refractivity contribution in [1.82, 2.24) is 0 Å². The second-order valence-electron chi connectivity index (χ2n) is 8.80. The number of carbonyl (C=O) groups excluding carboxylic acids is 1. The molecule has 0 aliphatic carbocycles. The van der Waals surface area contributed by atoms with Crippen molar-refractivity contribution in [3.63, 3.8) is 0 Å². The number of rotatable bonds is 16. The summed E-state index contributed by atoms with van der Waals surface area (Å²) in [5.74, 6) is -1.09. The van der Waals surface area contributed by atoms with Crippen molar-refractivity contribution >= 4 is 5.97 Å². The van der Waals surface area contributed by atoms with Crippen LogP contribution >= 0.6 is 0 Å². The maximum absolute atomic E-state index is 10.6. The summed E-state index contributed by atoms with van der Waals surface area (Å²) < 4.78 is 6.18. The third-order valence-corrected chi connectivity index (χ3v) is 6.11. The second-order valence-corrected chi connectivity index (χ2v) is 8.80. The summed E-state index contributed by atoms with van der Waals surface area (Å²) in [5, 5.41) is 10.6. The number of carboxylic acids is 1. The Hall–Kier alpha value is -0.430. The van der Waals surface area contributed by atoms with Crippen LogP contribution in [0.15, 0.2) is 37.0 Å². The van der Waals surface area contributed by atoms with E-state index in [9.17, 15) is 9.90 Å². The molecule has 0 spiro atoms. The van der Waals surface area contributed by atoms with Crippen LogP contribution in [-0.2, 0) is 19.3 Å². The summed E-state index contributed by atoms with van der Waals surface area (Å²) in [7, 11) is 0. The maximum atomic E-state index is 10.6. The molecule has 2 heterocycles. The number of hydrogen-bond donors (Lipinski definition) is 0. The molecule has 6 heteroatoms. The van der Waals surface area contributed by atoms with Crippen LogP contribution in [0.1, 0.15) is 96.3 Å². The molecule has 0 aromatic carbocycles. The van der Waals surface area contributed by atoms with Crippen LogP contribution in [0.3, 0.4) is 0 Å². The number of carbonyl (C=O) groups is 1. The van der Waals surface area contributed by atoms with Crippen LogP contribution in [0.4, 0.5) is 0 Å². The molecule has 5 nitrogen and oxygen atoms in total. The van der Waals surface area contributed by atoms with Crippen molar-refractivity contribution in [1.29, 1.82) is 0 Å². The molecular weight excluding hydrogens is 415 g/mol. The Morgan fingerprint density at radius 1 is 0.812 bits per heavy atom. The summed E-state index contributed by atoms with van der Waals surface area (Å²) in [5.41, 5.74) is 0. The van der Waals surface area contributed by atoms with Crippen LogP contribution in [0.25, 0.3) is 0 Å². The third-order valence-electron chi connectivity index (χ3n) is 6.11. The van der Waals surface area contributed by atoms with Gasteiger partial charge in [-0.15, -0.1) is 6.58 Å². The molecule has 32 heavy (non-hydrogen) atoms. The topological polar surface area (TPSA) is 67.8 Å². The SMILES string of the molecule is C=CCC/C=C\C=C/CCCCCCCC[C@@H]1CC[C@@H]([C@@H]2CC[C@@H](CC(=O)[O-])OO2)O1.[Na+]. The van der Waals surface area contributed by atoms with E-state index in [0.29, 0.717) is 12.5 Å². The summed E-state index contributed by atoms with van der Waals surface area (Å²) in [4.78, 5) is 21.3. The van der Waals surface area contributed by atoms with Gasteiger partial charge in [0.05, 0.1) is 18.3 Å². The van der Waals surface area contributed by atoms with Crippen molar-refractivity contribution in [2.24, 2.45) is 0 Å². The average Bonchev–Trinajstić information content (AvgIpc) is 3.23. The molecule has 2 fully saturated rings. The van der Waals surface area contributed by atoms with Gasteiger partial charge >= 0.3 is 29.6 Å². The van der Waals surface area contributed by atoms with E-state index in [2.05, 4.69) is 30.9 Å². The number of aliphatic carboxylic acids is 1. The van der Waals surface area contributed by atoms with E-state index in [-0.39, 0.29) is 48.2 Å². The van der Waals surface area contributed by atoms with E-state index < -0.39 is 12.1 Å². The molecule has 0 unspecified atom stereocenters. The molecule has 0 saturated carbocycles. The molecular formula is C26H41NaO5. The minimum absolute atomic E-state index is 0. The maximum Gasteiger partial charge on any atom is 1.00 e. The van der Waals surface area contributed by atoms with Crippen LogP contribution in [-0.4, -0.2) is 30.4 Å². The van der Waals surface area contributed by atoms with Gasteiger partial charge in [-0.1, -0.05) is 62.5 Å². The standard InChI is InChI=1S/C26H42O5.Na/c1-2-3-4-5-6-7-8-9-10-11-12-13-14-15-16-22-17-19-24(29-22)25-20-18-23(30-31-25)21-26(27)28;/h2,5-8,22-25H,1,3-4,9-21H2,(H,27,28);/q;+1/p-1/b6-5-,8-7-;/t22-,23+,24+,25+;/m1./s1. The predicted molar refractivity (Wildman–Crippen MR) is 121 cm³/mol. The number of allylic oxidation sites excluding steroid dienone is 5. The van der Waals surface area contributed by atoms with Crippen LogP contribution in [0.5, 0.6) is 0 Å². The molecule has 2 aliphatic heterocycles. The van der Waals surface area contributed by atoms with E-state index in [0.717, 1.165) is 38.5 Å². The van der Waals surface area contributed by atoms with E-state index >= 15 is 0 Å². The third kappa shape index (κ3) is 13.3. The zero-order valence-corrected chi connectivity index (χ0v) is 22.1. The summed E-state index contributed by atoms with van der Waals surface area (Å²) >= 11 is 0. The second kappa shape index (κ2) is 18.9. The normalized spacial score (nSPS) is 25.9. The Morgan fingerprint density at radius 2 is 1.47 bits per heavy atom. The predicted octanol–water partition coefficient (Wildman–Crippen LogP) is 2.36. The van der Waals surface area contributed by atoms with Crippen LogP contribution in [0.2, 0.25) is 0 Å². The smallest absolute Gasteiger partial charge is 0.550 e. The first-order chi connectivity index (χ1) is 15.2. The molecule has 2 saturated heterocycles. The average molecular weight is 457 g/mol. The van der Waals surface area contributed by atoms with E-state index in [1.165, 1.54) is 44.9 Å². The van der Waals surface area contributed by atoms with Gasteiger partial charge in [0.25, 0.3) is 0 Å². The molecule has 0 N–H and O–H groups in total. The summed E-state index contributed by atoms with van der Waals surface area (Å²) in [6.45, 7) is 3.72. The van der Waals surface area contributed by atoms with Gasteiger partial charge in [0.2, 0.25) is 0 Å². The quantitative estimate of drug-likeness (QED) is 0.117. The Kier molecular flexibility index (Phi) is 17.5. The number of unbranched alkanes of at least 4 members (excludes halogenated alkanes) is 7. The van der Waals surface area contributed by atoms with E-state index in [1.54, 1.807) is 0 Å². The molecule has 0 aromatic heterocycles. The minimum Gasteiger partial charge on any atom is -0.550 e. The van der Waals surface area contributed by atoms with Gasteiger partial charge in [-0.2, -0.15) is 0 Å². The van der Waals surface area contributed by atoms with Crippen molar-refractivity contribution in [3.05, 3.63) is 37.0 Å². The molecule has 4 atom stereocenters. The van der Waals surface area contributed by atoms with Gasteiger partial charge in [0.15, 0.2) is 0 Å². The zero-order valence-electron chi connectivity index (χ0n) is 20.1. The Balaban J connectivity index is 0.00000512. The monoisotopic (exact) mass is 456 g/mol. The van der Waals surface area contributed by atoms with E-state index in [1.807, 2.05) is 6.08 Å². The fraction of sp³-hybridized carbons (Fsp3) is 0.731. The van der Waals surface area contributed by atoms with Crippen molar-refractivity contribution in [3.8, 4) is 0 Å². The number of carboxylic acid groups (broad SMARTS) is 1. The first-order valence-electron chi connectivity index (χ1n) is 12.3. The fourth-order valence-corrected chi connectivity index (χ4v) is 4.29. The van der Waals surface area contributed by atoms with Gasteiger partial charge in [0, 0.05) is 12.4 Å². The van der Waals surface area contributed by atoms with Crippen molar-refractivity contribution in [2.45, 2.75) is 121 Å². The number of ether oxygens (including phenoxy) is 1. The van der Waals surface area contributed by atoms with Gasteiger partial charge in [0.1, 0.15) is 6.10 Å². The zero-order chi connectivity index (χ0) is 22.2. The summed E-state index contributed by atoms with van der Waals surface area (Å²) in [6.07, 6.45) is 26.3. The summed E-state index contributed by atoms with van der Waals surface area (Å²) in [6, 6.07) is 0. The first kappa shape index (κ1) is 29.6. The molecule has 176 valence electrons. The molecule has 0 amide bonds. The van der Waals surface area contributed by atoms with Crippen LogP contribution < -0.4 is 34.7 Å². The Morgan fingerprint density at radius 3 is 2.16 bits per heavy atom. The Bertz CT molecular complexity index is 554. The molecule has 2 aliphatic rings. The van der Waals surface area contributed by atoms with Gasteiger partial charge in [-0.05, 0) is 57.8 Å². The largest absolute Gasteiger partial charge is 1.00 e. The fourth-order valence-electron chi connectivity index (χ4n) is 4.29. The number of hydrogen-bond acceptors (Lipinski definition) is 5. The molecule has 0 bridgehead atoms.